The molecule has 25 heavy (non-hydrogen) atoms. The predicted octanol–water partition coefficient (Wildman–Crippen LogP) is 4.89. The fourth-order valence-electron chi connectivity index (χ4n) is 2.88. The number of carbonyl (C=O) groups excluding carboxylic acids is 2. The van der Waals surface area contributed by atoms with Crippen molar-refractivity contribution in [3.8, 4) is 0 Å². The quantitative estimate of drug-likeness (QED) is 0.801. The van der Waals surface area contributed by atoms with E-state index in [0.29, 0.717) is 39.3 Å². The first-order chi connectivity index (χ1) is 11.9. The summed E-state index contributed by atoms with van der Waals surface area (Å²) in [5, 5.41) is 4.19. The van der Waals surface area contributed by atoms with Gasteiger partial charge in [0.15, 0.2) is 0 Å². The molecule has 1 N–H and O–H groups in total. The van der Waals surface area contributed by atoms with Crippen LogP contribution in [0.1, 0.15) is 23.2 Å². The molecule has 0 saturated carbocycles. The summed E-state index contributed by atoms with van der Waals surface area (Å²) >= 11 is 17.8. The molecule has 0 spiro atoms. The first kappa shape index (κ1) is 18.1. The number of rotatable bonds is 3. The van der Waals surface area contributed by atoms with Crippen molar-refractivity contribution < 1.29 is 9.59 Å². The van der Waals surface area contributed by atoms with E-state index in [4.69, 9.17) is 34.8 Å². The molecule has 1 fully saturated rings. The number of nitrogens with zero attached hydrogens (tertiary/aromatic N) is 1. The van der Waals surface area contributed by atoms with Gasteiger partial charge in [-0.15, -0.1) is 0 Å². The van der Waals surface area contributed by atoms with Gasteiger partial charge in [0.05, 0.1) is 0 Å². The van der Waals surface area contributed by atoms with Gasteiger partial charge >= 0.3 is 0 Å². The molecule has 0 aliphatic carbocycles. The molecule has 0 radical (unpaired) electrons. The van der Waals surface area contributed by atoms with Crippen molar-refractivity contribution in [3.63, 3.8) is 0 Å². The van der Waals surface area contributed by atoms with Gasteiger partial charge in [-0.05, 0) is 55.3 Å². The van der Waals surface area contributed by atoms with Crippen molar-refractivity contribution in [2.75, 3.05) is 11.9 Å². The number of amides is 2. The fourth-order valence-corrected chi connectivity index (χ4v) is 3.54. The van der Waals surface area contributed by atoms with E-state index in [1.165, 1.54) is 0 Å². The highest BCUT2D eigenvalue weighted by Crippen LogP contribution is 2.25. The minimum absolute atomic E-state index is 0.221. The Morgan fingerprint density at radius 1 is 0.960 bits per heavy atom. The Labute approximate surface area is 160 Å². The van der Waals surface area contributed by atoms with Gasteiger partial charge in [0.2, 0.25) is 5.91 Å². The number of hydrogen-bond acceptors (Lipinski definition) is 2. The smallest absolute Gasteiger partial charge is 0.254 e. The van der Waals surface area contributed by atoms with Crippen LogP contribution in [-0.2, 0) is 4.79 Å². The van der Waals surface area contributed by atoms with Crippen molar-refractivity contribution in [2.24, 2.45) is 0 Å². The van der Waals surface area contributed by atoms with Crippen molar-refractivity contribution in [2.45, 2.75) is 18.9 Å². The molecule has 130 valence electrons. The van der Waals surface area contributed by atoms with Gasteiger partial charge in [0.25, 0.3) is 5.91 Å². The van der Waals surface area contributed by atoms with E-state index in [9.17, 15) is 9.59 Å². The lowest BCUT2D eigenvalue weighted by Gasteiger charge is -2.24. The molecule has 1 atom stereocenters. The molecular formula is C18H15Cl3N2O2. The van der Waals surface area contributed by atoms with Crippen LogP contribution < -0.4 is 5.32 Å². The Morgan fingerprint density at radius 2 is 1.60 bits per heavy atom. The van der Waals surface area contributed by atoms with Gasteiger partial charge in [-0.3, -0.25) is 9.59 Å². The van der Waals surface area contributed by atoms with Gasteiger partial charge in [0, 0.05) is 32.9 Å². The summed E-state index contributed by atoms with van der Waals surface area (Å²) in [5.41, 5.74) is 1.02. The highest BCUT2D eigenvalue weighted by Gasteiger charge is 2.34. The van der Waals surface area contributed by atoms with Crippen molar-refractivity contribution >= 4 is 52.3 Å². The molecule has 4 nitrogen and oxygen atoms in total. The second-order valence-corrected chi connectivity index (χ2v) is 7.12. The molecule has 1 aliphatic rings. The minimum atomic E-state index is -0.527. The Morgan fingerprint density at radius 3 is 2.24 bits per heavy atom. The SMILES string of the molecule is O=C(Nc1ccc(Cl)cc1)C1CCCN1C(=O)c1cc(Cl)cc(Cl)c1. The number of nitrogens with one attached hydrogen (secondary N) is 1. The van der Waals surface area contributed by atoms with Crippen LogP contribution in [0, 0.1) is 0 Å². The molecule has 2 aromatic carbocycles. The third-order valence-corrected chi connectivity index (χ3v) is 4.73. The summed E-state index contributed by atoms with van der Waals surface area (Å²) < 4.78 is 0. The molecule has 7 heteroatoms. The molecule has 1 saturated heterocycles. The summed E-state index contributed by atoms with van der Waals surface area (Å²) in [5.74, 6) is -0.473. The van der Waals surface area contributed by atoms with Gasteiger partial charge in [-0.25, -0.2) is 0 Å². The maximum absolute atomic E-state index is 12.8. The summed E-state index contributed by atoms with van der Waals surface area (Å²) in [7, 11) is 0. The number of anilines is 1. The lowest BCUT2D eigenvalue weighted by atomic mass is 10.1. The average Bonchev–Trinajstić information content (AvgIpc) is 3.05. The standard InChI is InChI=1S/C18H15Cl3N2O2/c19-12-3-5-15(6-4-12)22-17(24)16-2-1-7-23(16)18(25)11-8-13(20)10-14(21)9-11/h3-6,8-10,16H,1-2,7H2,(H,22,24). The molecular weight excluding hydrogens is 383 g/mol. The Balaban J connectivity index is 1.76. The molecule has 3 rings (SSSR count). The average molecular weight is 398 g/mol. The van der Waals surface area contributed by atoms with Crippen LogP contribution >= 0.6 is 34.8 Å². The van der Waals surface area contributed by atoms with Crippen molar-refractivity contribution in [1.82, 2.24) is 4.90 Å². The van der Waals surface area contributed by atoms with Crippen molar-refractivity contribution in [3.05, 3.63) is 63.1 Å². The van der Waals surface area contributed by atoms with E-state index in [2.05, 4.69) is 5.32 Å². The zero-order valence-corrected chi connectivity index (χ0v) is 15.4. The maximum atomic E-state index is 12.8. The first-order valence-corrected chi connectivity index (χ1v) is 8.91. The number of hydrogen-bond donors (Lipinski definition) is 1. The fraction of sp³-hybridized carbons (Fsp3) is 0.222. The minimum Gasteiger partial charge on any atom is -0.327 e. The third kappa shape index (κ3) is 4.27. The number of carbonyl (C=O) groups is 2. The Hall–Kier alpha value is -1.75. The zero-order valence-electron chi connectivity index (χ0n) is 13.1. The number of benzene rings is 2. The van der Waals surface area contributed by atoms with E-state index in [0.717, 1.165) is 6.42 Å². The zero-order chi connectivity index (χ0) is 18.0. The van der Waals surface area contributed by atoms with Gasteiger partial charge in [-0.1, -0.05) is 34.8 Å². The third-order valence-electron chi connectivity index (χ3n) is 4.04. The summed E-state index contributed by atoms with van der Waals surface area (Å²) in [6.07, 6.45) is 1.37. The Kier molecular flexibility index (Phi) is 5.52. The second kappa shape index (κ2) is 7.65. The normalized spacial score (nSPS) is 16.8. The van der Waals surface area contributed by atoms with Crippen LogP contribution in [-0.4, -0.2) is 29.3 Å². The molecule has 2 amide bonds. The van der Waals surface area contributed by atoms with Crippen molar-refractivity contribution in [1.29, 1.82) is 0 Å². The van der Waals surface area contributed by atoms with Gasteiger partial charge in [-0.2, -0.15) is 0 Å². The Bertz CT molecular complexity index is 788. The van der Waals surface area contributed by atoms with E-state index in [-0.39, 0.29) is 11.8 Å². The highest BCUT2D eigenvalue weighted by molar-refractivity contribution is 6.35. The van der Waals surface area contributed by atoms with E-state index < -0.39 is 6.04 Å². The molecule has 2 aromatic rings. The molecule has 1 heterocycles. The summed E-state index contributed by atoms with van der Waals surface area (Å²) in [6, 6.07) is 11.0. The monoisotopic (exact) mass is 396 g/mol. The topological polar surface area (TPSA) is 49.4 Å². The van der Waals surface area contributed by atoms with Crippen LogP contribution in [0.5, 0.6) is 0 Å². The van der Waals surface area contributed by atoms with E-state index >= 15 is 0 Å². The predicted molar refractivity (Wildman–Crippen MR) is 101 cm³/mol. The molecule has 1 aliphatic heterocycles. The molecule has 0 aromatic heterocycles. The van der Waals surface area contributed by atoms with E-state index in [1.807, 2.05) is 0 Å². The lowest BCUT2D eigenvalue weighted by molar-refractivity contribution is -0.119. The first-order valence-electron chi connectivity index (χ1n) is 7.77. The highest BCUT2D eigenvalue weighted by atomic mass is 35.5. The van der Waals surface area contributed by atoms with Gasteiger partial charge < -0.3 is 10.2 Å². The van der Waals surface area contributed by atoms with Crippen LogP contribution in [0.15, 0.2) is 42.5 Å². The van der Waals surface area contributed by atoms with E-state index in [1.54, 1.807) is 47.4 Å². The van der Waals surface area contributed by atoms with Crippen LogP contribution in [0.3, 0.4) is 0 Å². The number of halogens is 3. The summed E-state index contributed by atoms with van der Waals surface area (Å²) in [6.45, 7) is 0.516. The second-order valence-electron chi connectivity index (χ2n) is 5.81. The number of likely N-dealkylation sites (tertiary alicyclic amines) is 1. The lowest BCUT2D eigenvalue weighted by Crippen LogP contribution is -2.43. The summed E-state index contributed by atoms with van der Waals surface area (Å²) in [4.78, 5) is 26.9. The maximum Gasteiger partial charge on any atom is 0.254 e. The largest absolute Gasteiger partial charge is 0.327 e. The molecule has 1 unspecified atom stereocenters. The molecule has 0 bridgehead atoms. The van der Waals surface area contributed by atoms with Gasteiger partial charge in [0.1, 0.15) is 6.04 Å². The van der Waals surface area contributed by atoms with Crippen LogP contribution in [0.2, 0.25) is 15.1 Å². The van der Waals surface area contributed by atoms with Crippen LogP contribution in [0.25, 0.3) is 0 Å². The van der Waals surface area contributed by atoms with Crippen LogP contribution in [0.4, 0.5) is 5.69 Å².